The first-order valence-electron chi connectivity index (χ1n) is 10.1. The Kier molecular flexibility index (Phi) is 5.18. The molecule has 2 aromatic heterocycles. The van der Waals surface area contributed by atoms with Crippen LogP contribution in [0.3, 0.4) is 0 Å². The van der Waals surface area contributed by atoms with Crippen LogP contribution in [0, 0.1) is 12.7 Å². The first-order valence-corrected chi connectivity index (χ1v) is 10.9. The second kappa shape index (κ2) is 8.16. The lowest BCUT2D eigenvalue weighted by atomic mass is 10.2. The predicted octanol–water partition coefficient (Wildman–Crippen LogP) is 4.32. The Bertz CT molecular complexity index is 1300. The third kappa shape index (κ3) is 3.87. The Hall–Kier alpha value is -3.59. The maximum absolute atomic E-state index is 13.2. The van der Waals surface area contributed by atoms with Crippen LogP contribution in [0.1, 0.15) is 17.5 Å². The van der Waals surface area contributed by atoms with Gasteiger partial charge in [0.1, 0.15) is 11.6 Å². The maximum atomic E-state index is 13.2. The monoisotopic (exact) mass is 453 g/mol. The van der Waals surface area contributed by atoms with Crippen molar-refractivity contribution >= 4 is 22.2 Å². The maximum Gasteiger partial charge on any atom is 0.261 e. The Labute approximate surface area is 187 Å². The van der Waals surface area contributed by atoms with Gasteiger partial charge in [-0.25, -0.2) is 9.37 Å². The topological polar surface area (TPSA) is 74.1 Å². The molecule has 2 aromatic carbocycles. The fourth-order valence-electron chi connectivity index (χ4n) is 3.44. The largest absolute Gasteiger partial charge is 0.481 e. The van der Waals surface area contributed by atoms with Crippen molar-refractivity contribution in [2.24, 2.45) is 0 Å². The molecule has 32 heavy (non-hydrogen) atoms. The molecule has 0 aliphatic carbocycles. The highest BCUT2D eigenvalue weighted by Gasteiger charge is 2.19. The molecule has 0 spiro atoms. The number of hydrogen-bond acceptors (Lipinski definition) is 6. The first-order chi connectivity index (χ1) is 15.5. The van der Waals surface area contributed by atoms with Gasteiger partial charge in [-0.2, -0.15) is 0 Å². The van der Waals surface area contributed by atoms with Crippen molar-refractivity contribution in [1.82, 2.24) is 14.7 Å². The fourth-order valence-corrected chi connectivity index (χ4v) is 4.48. The Morgan fingerprint density at radius 3 is 2.81 bits per heavy atom. The molecule has 9 heteroatoms. The minimum Gasteiger partial charge on any atom is -0.481 e. The van der Waals surface area contributed by atoms with Gasteiger partial charge in [0.05, 0.1) is 12.2 Å². The molecule has 0 bridgehead atoms. The van der Waals surface area contributed by atoms with Gasteiger partial charge in [0.15, 0.2) is 22.6 Å². The molecule has 7 nitrogen and oxygen atoms in total. The van der Waals surface area contributed by atoms with Crippen molar-refractivity contribution in [3.05, 3.63) is 65.0 Å². The molecule has 1 aliphatic rings. The second-order valence-electron chi connectivity index (χ2n) is 7.39. The number of carbonyl (C=O) groups excluding carboxylic acids is 1. The van der Waals surface area contributed by atoms with Crippen LogP contribution >= 0.6 is 11.3 Å². The Morgan fingerprint density at radius 2 is 2.03 bits per heavy atom. The average molecular weight is 453 g/mol. The zero-order chi connectivity index (χ0) is 22.2. The summed E-state index contributed by atoms with van der Waals surface area (Å²) in [5.41, 5.74) is 2.63. The minimum atomic E-state index is -0.676. The van der Waals surface area contributed by atoms with Crippen LogP contribution < -0.4 is 19.5 Å². The molecule has 1 amide bonds. The van der Waals surface area contributed by atoms with Gasteiger partial charge in [-0.15, -0.1) is 0 Å². The van der Waals surface area contributed by atoms with E-state index in [4.69, 9.17) is 14.2 Å². The van der Waals surface area contributed by atoms with Crippen LogP contribution in [-0.4, -0.2) is 28.2 Å². The molecule has 5 rings (SSSR count). The van der Waals surface area contributed by atoms with Gasteiger partial charge in [-0.1, -0.05) is 11.3 Å². The number of thiazole rings is 1. The number of aryl methyl sites for hydroxylation is 1. The van der Waals surface area contributed by atoms with E-state index in [1.165, 1.54) is 23.5 Å². The summed E-state index contributed by atoms with van der Waals surface area (Å²) in [5.74, 6) is 1.31. The number of imidazole rings is 1. The third-order valence-corrected chi connectivity index (χ3v) is 6.40. The molecular formula is C23H20FN3O4S. The highest BCUT2D eigenvalue weighted by atomic mass is 32.1. The molecule has 4 aromatic rings. The van der Waals surface area contributed by atoms with E-state index < -0.39 is 6.10 Å². The average Bonchev–Trinajstić information content (AvgIpc) is 3.48. The van der Waals surface area contributed by atoms with Gasteiger partial charge >= 0.3 is 0 Å². The molecule has 1 atom stereocenters. The summed E-state index contributed by atoms with van der Waals surface area (Å²) < 4.78 is 31.5. The summed E-state index contributed by atoms with van der Waals surface area (Å²) in [7, 11) is 0. The molecule has 0 fully saturated rings. The molecular weight excluding hydrogens is 433 g/mol. The predicted molar refractivity (Wildman–Crippen MR) is 118 cm³/mol. The molecule has 0 saturated carbocycles. The van der Waals surface area contributed by atoms with Crippen molar-refractivity contribution in [2.45, 2.75) is 26.5 Å². The van der Waals surface area contributed by atoms with E-state index in [2.05, 4.69) is 10.3 Å². The van der Waals surface area contributed by atoms with E-state index in [1.807, 2.05) is 17.5 Å². The van der Waals surface area contributed by atoms with Gasteiger partial charge in [0.25, 0.3) is 5.91 Å². The van der Waals surface area contributed by atoms with Crippen LogP contribution in [0.15, 0.2) is 48.7 Å². The number of halogens is 1. The van der Waals surface area contributed by atoms with E-state index in [0.717, 1.165) is 26.8 Å². The molecule has 3 heterocycles. The highest BCUT2D eigenvalue weighted by molar-refractivity contribution is 7.17. The SMILES string of the molecule is Cc1c(CNC(=O)C(C)Oc2ccc3c(c2)OCO3)sc2nc(-c3ccc(F)cc3)cn12. The molecule has 0 saturated heterocycles. The lowest BCUT2D eigenvalue weighted by molar-refractivity contribution is -0.127. The number of amides is 1. The summed E-state index contributed by atoms with van der Waals surface area (Å²) in [6, 6.07) is 11.5. The minimum absolute atomic E-state index is 0.184. The van der Waals surface area contributed by atoms with Crippen molar-refractivity contribution in [1.29, 1.82) is 0 Å². The van der Waals surface area contributed by atoms with Gasteiger partial charge in [-0.3, -0.25) is 9.20 Å². The van der Waals surface area contributed by atoms with Crippen LogP contribution in [0.4, 0.5) is 4.39 Å². The van der Waals surface area contributed by atoms with E-state index in [9.17, 15) is 9.18 Å². The quantitative estimate of drug-likeness (QED) is 0.471. The number of nitrogens with zero attached hydrogens (tertiary/aromatic N) is 2. The number of fused-ring (bicyclic) bond motifs is 2. The molecule has 1 unspecified atom stereocenters. The number of carbonyl (C=O) groups is 1. The van der Waals surface area contributed by atoms with Crippen LogP contribution in [-0.2, 0) is 11.3 Å². The zero-order valence-corrected chi connectivity index (χ0v) is 18.2. The Balaban J connectivity index is 1.23. The van der Waals surface area contributed by atoms with Gasteiger partial charge in [0.2, 0.25) is 6.79 Å². The standard InChI is InChI=1S/C23H20FN3O4S/c1-13-21(32-23-26-18(11-27(13)23)15-3-5-16(24)6-4-15)10-25-22(28)14(2)31-17-7-8-19-20(9-17)30-12-29-19/h3-9,11,14H,10,12H2,1-2H3,(H,25,28). The van der Waals surface area contributed by atoms with Gasteiger partial charge in [0, 0.05) is 28.4 Å². The van der Waals surface area contributed by atoms with Crippen molar-refractivity contribution in [2.75, 3.05) is 6.79 Å². The normalized spacial score (nSPS) is 13.3. The lowest BCUT2D eigenvalue weighted by Crippen LogP contribution is -2.35. The van der Waals surface area contributed by atoms with E-state index in [-0.39, 0.29) is 18.5 Å². The number of rotatable bonds is 6. The number of benzene rings is 2. The fraction of sp³-hybridized carbons (Fsp3) is 0.217. The summed E-state index contributed by atoms with van der Waals surface area (Å²) in [4.78, 5) is 19.0. The smallest absolute Gasteiger partial charge is 0.261 e. The van der Waals surface area contributed by atoms with E-state index >= 15 is 0 Å². The van der Waals surface area contributed by atoms with Crippen molar-refractivity contribution < 1.29 is 23.4 Å². The summed E-state index contributed by atoms with van der Waals surface area (Å²) in [5, 5.41) is 2.92. The lowest BCUT2D eigenvalue weighted by Gasteiger charge is -2.15. The van der Waals surface area contributed by atoms with Crippen LogP contribution in [0.2, 0.25) is 0 Å². The molecule has 1 N–H and O–H groups in total. The number of aromatic nitrogens is 2. The van der Waals surface area contributed by atoms with Crippen LogP contribution in [0.5, 0.6) is 17.2 Å². The van der Waals surface area contributed by atoms with Crippen LogP contribution in [0.25, 0.3) is 16.2 Å². The molecule has 164 valence electrons. The molecule has 0 radical (unpaired) electrons. The summed E-state index contributed by atoms with van der Waals surface area (Å²) in [6.45, 7) is 4.24. The van der Waals surface area contributed by atoms with Crippen molar-refractivity contribution in [3.8, 4) is 28.5 Å². The summed E-state index contributed by atoms with van der Waals surface area (Å²) in [6.07, 6.45) is 1.25. The first kappa shape index (κ1) is 20.3. The highest BCUT2D eigenvalue weighted by Crippen LogP contribution is 2.35. The number of nitrogens with one attached hydrogen (secondary N) is 1. The van der Waals surface area contributed by atoms with Crippen molar-refractivity contribution in [3.63, 3.8) is 0 Å². The number of ether oxygens (including phenoxy) is 3. The molecule has 1 aliphatic heterocycles. The van der Waals surface area contributed by atoms with E-state index in [0.29, 0.717) is 23.8 Å². The summed E-state index contributed by atoms with van der Waals surface area (Å²) >= 11 is 1.51. The van der Waals surface area contributed by atoms with E-state index in [1.54, 1.807) is 37.3 Å². The van der Waals surface area contributed by atoms with Gasteiger partial charge < -0.3 is 19.5 Å². The third-order valence-electron chi connectivity index (χ3n) is 5.24. The zero-order valence-electron chi connectivity index (χ0n) is 17.4. The second-order valence-corrected chi connectivity index (χ2v) is 8.45. The van der Waals surface area contributed by atoms with Gasteiger partial charge in [-0.05, 0) is 50.2 Å². The Morgan fingerprint density at radius 1 is 1.25 bits per heavy atom. The number of hydrogen-bond donors (Lipinski definition) is 1.